The van der Waals surface area contributed by atoms with Gasteiger partial charge in [-0.25, -0.2) is 0 Å². The zero-order valence-electron chi connectivity index (χ0n) is 21.6. The van der Waals surface area contributed by atoms with Crippen LogP contribution in [0.4, 0.5) is 5.69 Å². The number of nitrogens with zero attached hydrogens (tertiary/aromatic N) is 2. The molecule has 9 heteroatoms. The first-order chi connectivity index (χ1) is 17.6. The van der Waals surface area contributed by atoms with Gasteiger partial charge in [0.1, 0.15) is 6.04 Å². The Labute approximate surface area is 231 Å². The van der Waals surface area contributed by atoms with Crippen molar-refractivity contribution in [3.63, 3.8) is 0 Å². The highest BCUT2D eigenvalue weighted by Gasteiger charge is 2.76. The minimum absolute atomic E-state index is 0.0493. The molecule has 3 unspecified atom stereocenters. The standard InChI is InChI=1S/C28H35BrN2O5S/c1-6-8-12-36-27(35)21-22-25(33)31(18(5)15-32)24(28(22)14-19(29)23(21)37-28)26(34)30(11-7-2)20-13-16(3)9-10-17(20)4/h6-7,9-10,13,18-19,21-24,32H,1-2,8,11-12,14-15H2,3-5H3/t18-,19?,21+,22+,23+,24?,28?/m1/s1. The Hall–Kier alpha value is -2.10. The predicted molar refractivity (Wildman–Crippen MR) is 150 cm³/mol. The van der Waals surface area contributed by atoms with Crippen LogP contribution in [0.1, 0.15) is 30.9 Å². The van der Waals surface area contributed by atoms with Crippen molar-refractivity contribution in [3.8, 4) is 0 Å². The predicted octanol–water partition coefficient (Wildman–Crippen LogP) is 3.79. The number of thioether (sulfide) groups is 1. The fraction of sp³-hybridized carbons (Fsp3) is 0.536. The maximum absolute atomic E-state index is 14.5. The second kappa shape index (κ2) is 10.9. The molecule has 1 N–H and O–H groups in total. The number of benzene rings is 1. The first-order valence-electron chi connectivity index (χ1n) is 12.6. The highest BCUT2D eigenvalue weighted by atomic mass is 79.9. The van der Waals surface area contributed by atoms with E-state index in [2.05, 4.69) is 29.1 Å². The first-order valence-corrected chi connectivity index (χ1v) is 14.4. The third kappa shape index (κ3) is 4.57. The zero-order valence-corrected chi connectivity index (χ0v) is 24.0. The Morgan fingerprint density at radius 1 is 1.35 bits per heavy atom. The van der Waals surface area contributed by atoms with Crippen molar-refractivity contribution in [2.45, 2.75) is 60.5 Å². The van der Waals surface area contributed by atoms with Gasteiger partial charge < -0.3 is 19.6 Å². The lowest BCUT2D eigenvalue weighted by Crippen LogP contribution is -2.57. The van der Waals surface area contributed by atoms with Crippen molar-refractivity contribution in [3.05, 3.63) is 54.6 Å². The summed E-state index contributed by atoms with van der Waals surface area (Å²) >= 11 is 5.31. The van der Waals surface area contributed by atoms with Gasteiger partial charge in [-0.3, -0.25) is 14.4 Å². The van der Waals surface area contributed by atoms with Gasteiger partial charge in [0.05, 0.1) is 35.8 Å². The molecule has 37 heavy (non-hydrogen) atoms. The molecule has 0 radical (unpaired) electrons. The first kappa shape index (κ1) is 27.9. The normalized spacial score (nSPS) is 30.7. The maximum Gasteiger partial charge on any atom is 0.310 e. The number of carbonyl (C=O) groups excluding carboxylic acids is 3. The summed E-state index contributed by atoms with van der Waals surface area (Å²) in [5.41, 5.74) is 2.72. The fourth-order valence-corrected chi connectivity index (χ4v) is 9.69. The van der Waals surface area contributed by atoms with Crippen LogP contribution in [0.5, 0.6) is 0 Å². The van der Waals surface area contributed by atoms with Gasteiger partial charge in [-0.15, -0.1) is 24.9 Å². The van der Waals surface area contributed by atoms with Gasteiger partial charge in [0.15, 0.2) is 0 Å². The van der Waals surface area contributed by atoms with E-state index in [0.29, 0.717) is 12.8 Å². The van der Waals surface area contributed by atoms with Crippen molar-refractivity contribution in [1.29, 1.82) is 0 Å². The van der Waals surface area contributed by atoms with Crippen molar-refractivity contribution in [1.82, 2.24) is 4.90 Å². The minimum Gasteiger partial charge on any atom is -0.465 e. The Balaban J connectivity index is 1.80. The number of aliphatic hydroxyl groups is 1. The summed E-state index contributed by atoms with van der Waals surface area (Å²) in [7, 11) is 0. The van der Waals surface area contributed by atoms with Crippen molar-refractivity contribution < 1.29 is 24.2 Å². The van der Waals surface area contributed by atoms with Gasteiger partial charge in [-0.1, -0.05) is 40.2 Å². The van der Waals surface area contributed by atoms with Crippen LogP contribution in [-0.2, 0) is 19.1 Å². The van der Waals surface area contributed by atoms with Crippen molar-refractivity contribution in [2.24, 2.45) is 11.8 Å². The molecule has 3 heterocycles. The summed E-state index contributed by atoms with van der Waals surface area (Å²) in [6.07, 6.45) is 4.45. The largest absolute Gasteiger partial charge is 0.465 e. The number of esters is 1. The number of hydrogen-bond acceptors (Lipinski definition) is 6. The lowest BCUT2D eigenvalue weighted by Gasteiger charge is -2.39. The lowest BCUT2D eigenvalue weighted by atomic mass is 9.71. The van der Waals surface area contributed by atoms with Crippen LogP contribution < -0.4 is 4.90 Å². The van der Waals surface area contributed by atoms with Crippen LogP contribution in [0.15, 0.2) is 43.5 Å². The van der Waals surface area contributed by atoms with E-state index in [1.165, 1.54) is 4.90 Å². The average Bonchev–Trinajstić information content (AvgIpc) is 3.46. The van der Waals surface area contributed by atoms with Crippen molar-refractivity contribution in [2.75, 3.05) is 24.7 Å². The summed E-state index contributed by atoms with van der Waals surface area (Å²) in [5, 5.41) is 9.92. The number of anilines is 1. The number of likely N-dealkylation sites (tertiary alicyclic amines) is 1. The van der Waals surface area contributed by atoms with Crippen LogP contribution in [-0.4, -0.2) is 74.5 Å². The van der Waals surface area contributed by atoms with Crippen LogP contribution >= 0.6 is 27.7 Å². The summed E-state index contributed by atoms with van der Waals surface area (Å²) in [6, 6.07) is 4.51. The van der Waals surface area contributed by atoms with Crippen LogP contribution in [0.2, 0.25) is 0 Å². The van der Waals surface area contributed by atoms with E-state index in [1.54, 1.807) is 35.7 Å². The molecule has 0 saturated carbocycles. The van der Waals surface area contributed by atoms with E-state index >= 15 is 0 Å². The number of amides is 2. The van der Waals surface area contributed by atoms with Crippen molar-refractivity contribution >= 4 is 51.2 Å². The second-order valence-electron chi connectivity index (χ2n) is 10.2. The van der Waals surface area contributed by atoms with E-state index in [4.69, 9.17) is 4.74 Å². The fourth-order valence-electron chi connectivity index (χ4n) is 6.11. The van der Waals surface area contributed by atoms with E-state index in [1.807, 2.05) is 32.0 Å². The number of alkyl halides is 1. The molecule has 200 valence electrons. The second-order valence-corrected chi connectivity index (χ2v) is 12.9. The average molecular weight is 592 g/mol. The molecule has 7 atom stereocenters. The van der Waals surface area contributed by atoms with E-state index < -0.39 is 34.6 Å². The monoisotopic (exact) mass is 590 g/mol. The minimum atomic E-state index is -0.840. The Morgan fingerprint density at radius 3 is 2.73 bits per heavy atom. The smallest absolute Gasteiger partial charge is 0.310 e. The third-order valence-corrected chi connectivity index (χ3v) is 11.0. The van der Waals surface area contributed by atoms with E-state index in [-0.39, 0.29) is 41.6 Å². The Morgan fingerprint density at radius 2 is 2.08 bits per heavy atom. The number of halogens is 1. The molecule has 3 saturated heterocycles. The molecular weight excluding hydrogens is 556 g/mol. The molecular formula is C28H35BrN2O5S. The van der Waals surface area contributed by atoms with Crippen LogP contribution in [0, 0.1) is 25.7 Å². The molecule has 4 rings (SSSR count). The summed E-state index contributed by atoms with van der Waals surface area (Å²) < 4.78 is 4.74. The molecule has 3 fully saturated rings. The zero-order chi connectivity index (χ0) is 27.1. The third-order valence-electron chi connectivity index (χ3n) is 7.77. The molecule has 1 aromatic rings. The van der Waals surface area contributed by atoms with Gasteiger partial charge in [0.2, 0.25) is 5.91 Å². The van der Waals surface area contributed by atoms with Gasteiger partial charge in [0.25, 0.3) is 5.91 Å². The number of hydrogen-bond donors (Lipinski definition) is 1. The van der Waals surface area contributed by atoms with Gasteiger partial charge in [0, 0.05) is 22.3 Å². The maximum atomic E-state index is 14.5. The molecule has 1 aromatic carbocycles. The molecule has 0 aliphatic carbocycles. The molecule has 1 spiro atoms. The number of ether oxygens (including phenoxy) is 1. The summed E-state index contributed by atoms with van der Waals surface area (Å²) in [6.45, 7) is 13.4. The molecule has 2 amide bonds. The van der Waals surface area contributed by atoms with Gasteiger partial charge in [-0.2, -0.15) is 0 Å². The quantitative estimate of drug-likeness (QED) is 0.193. The van der Waals surface area contributed by atoms with Gasteiger partial charge in [-0.05, 0) is 50.8 Å². The lowest BCUT2D eigenvalue weighted by molar-refractivity contribution is -0.154. The van der Waals surface area contributed by atoms with Crippen LogP contribution in [0.3, 0.4) is 0 Å². The Bertz CT molecular complexity index is 1110. The number of rotatable bonds is 10. The highest BCUT2D eigenvalue weighted by Crippen LogP contribution is 2.68. The Kier molecular flexibility index (Phi) is 8.26. The highest BCUT2D eigenvalue weighted by molar-refractivity contribution is 9.09. The number of fused-ring (bicyclic) bond motifs is 1. The number of aryl methyl sites for hydroxylation is 2. The number of carbonyl (C=O) groups is 3. The van der Waals surface area contributed by atoms with Gasteiger partial charge >= 0.3 is 5.97 Å². The van der Waals surface area contributed by atoms with Crippen LogP contribution in [0.25, 0.3) is 0 Å². The topological polar surface area (TPSA) is 87.1 Å². The molecule has 3 aliphatic rings. The van der Waals surface area contributed by atoms with E-state index in [0.717, 1.165) is 16.8 Å². The molecule has 3 aliphatic heterocycles. The molecule has 0 aromatic heterocycles. The summed E-state index contributed by atoms with van der Waals surface area (Å²) in [4.78, 5) is 45.0. The summed E-state index contributed by atoms with van der Waals surface area (Å²) in [5.74, 6) is -2.26. The molecule has 2 bridgehead atoms. The SMILES string of the molecule is C=CCCOC(=O)[C@H]1[C@H]2C(=O)N([C@H](C)CO)C(C(=O)N(CC=C)c3cc(C)ccc3C)C23CC(Br)[C@@H]1S3. The number of aliphatic hydroxyl groups excluding tert-OH is 1. The molecule has 7 nitrogen and oxygen atoms in total. The van der Waals surface area contributed by atoms with E-state index in [9.17, 15) is 19.5 Å².